The van der Waals surface area contributed by atoms with E-state index in [0.29, 0.717) is 18.1 Å². The number of carbonyl (C=O) groups is 2. The first-order chi connectivity index (χ1) is 12.6. The Morgan fingerprint density at radius 1 is 1.37 bits per heavy atom. The average molecular weight is 414 g/mol. The SMILES string of the molecule is COCCOc1cccc(/C=C2\SC(=O)NC2=O)c1N1CCC[C@@H](N)C1.Cl. The molecule has 0 spiro atoms. The maximum absolute atomic E-state index is 11.9. The molecule has 0 aliphatic carbocycles. The van der Waals surface area contributed by atoms with E-state index in [-0.39, 0.29) is 29.6 Å². The van der Waals surface area contributed by atoms with Gasteiger partial charge in [0.1, 0.15) is 12.4 Å². The fourth-order valence-corrected chi connectivity index (χ4v) is 3.79. The lowest BCUT2D eigenvalue weighted by molar-refractivity contribution is -0.115. The summed E-state index contributed by atoms with van der Waals surface area (Å²) in [6.07, 6.45) is 3.73. The van der Waals surface area contributed by atoms with Gasteiger partial charge in [-0.25, -0.2) is 0 Å². The summed E-state index contributed by atoms with van der Waals surface area (Å²) in [5, 5.41) is 1.93. The minimum Gasteiger partial charge on any atom is -0.489 e. The highest BCUT2D eigenvalue weighted by atomic mass is 35.5. The third kappa shape index (κ3) is 5.38. The van der Waals surface area contributed by atoms with E-state index in [9.17, 15) is 9.59 Å². The summed E-state index contributed by atoms with van der Waals surface area (Å²) in [7, 11) is 1.63. The van der Waals surface area contributed by atoms with Crippen molar-refractivity contribution in [2.45, 2.75) is 18.9 Å². The maximum atomic E-state index is 11.9. The highest BCUT2D eigenvalue weighted by Gasteiger charge is 2.27. The number of nitrogens with one attached hydrogen (secondary N) is 1. The summed E-state index contributed by atoms with van der Waals surface area (Å²) >= 11 is 0.909. The van der Waals surface area contributed by atoms with E-state index in [1.165, 1.54) is 0 Å². The number of hydrogen-bond acceptors (Lipinski definition) is 7. The number of nitrogens with two attached hydrogens (primary N) is 1. The van der Waals surface area contributed by atoms with Crippen molar-refractivity contribution in [1.82, 2.24) is 5.32 Å². The van der Waals surface area contributed by atoms with Gasteiger partial charge in [-0.15, -0.1) is 12.4 Å². The molecular weight excluding hydrogens is 390 g/mol. The van der Waals surface area contributed by atoms with Crippen molar-refractivity contribution in [2.24, 2.45) is 5.73 Å². The van der Waals surface area contributed by atoms with E-state index in [1.54, 1.807) is 13.2 Å². The van der Waals surface area contributed by atoms with Gasteiger partial charge >= 0.3 is 0 Å². The molecule has 1 aromatic rings. The van der Waals surface area contributed by atoms with Crippen molar-refractivity contribution < 1.29 is 19.1 Å². The fraction of sp³-hybridized carbons (Fsp3) is 0.444. The molecule has 2 fully saturated rings. The predicted molar refractivity (Wildman–Crippen MR) is 110 cm³/mol. The number of amides is 2. The maximum Gasteiger partial charge on any atom is 0.290 e. The van der Waals surface area contributed by atoms with Gasteiger partial charge in [-0.2, -0.15) is 0 Å². The number of thioether (sulfide) groups is 1. The molecule has 1 aromatic carbocycles. The van der Waals surface area contributed by atoms with E-state index in [1.807, 2.05) is 18.2 Å². The van der Waals surface area contributed by atoms with Crippen LogP contribution in [0.15, 0.2) is 23.1 Å². The number of imide groups is 1. The average Bonchev–Trinajstić information content (AvgIpc) is 2.92. The zero-order valence-corrected chi connectivity index (χ0v) is 16.7. The standard InChI is InChI=1S/C18H23N3O4S.ClH/c1-24-8-9-25-14-6-2-4-12(10-15-17(22)20-18(23)26-15)16(14)21-7-3-5-13(19)11-21;/h2,4,6,10,13H,3,5,7-9,11,19H2,1H3,(H,20,22,23);1H/b15-10-;/t13-;/m1./s1. The second-order valence-corrected chi connectivity index (χ2v) is 7.25. The first kappa shape index (κ1) is 21.6. The molecule has 2 aliphatic heterocycles. The number of anilines is 1. The highest BCUT2D eigenvalue weighted by molar-refractivity contribution is 8.18. The van der Waals surface area contributed by atoms with Crippen molar-refractivity contribution >= 4 is 47.1 Å². The zero-order chi connectivity index (χ0) is 18.5. The van der Waals surface area contributed by atoms with Crippen molar-refractivity contribution in [2.75, 3.05) is 38.3 Å². The second-order valence-electron chi connectivity index (χ2n) is 6.24. The van der Waals surface area contributed by atoms with Crippen LogP contribution in [0.4, 0.5) is 10.5 Å². The van der Waals surface area contributed by atoms with Crippen LogP contribution in [-0.4, -0.2) is 50.6 Å². The van der Waals surface area contributed by atoms with Crippen molar-refractivity contribution in [3.8, 4) is 5.75 Å². The molecule has 3 N–H and O–H groups in total. The van der Waals surface area contributed by atoms with E-state index in [0.717, 1.165) is 54.7 Å². The van der Waals surface area contributed by atoms with E-state index >= 15 is 0 Å². The van der Waals surface area contributed by atoms with Crippen LogP contribution in [-0.2, 0) is 9.53 Å². The number of carbonyl (C=O) groups excluding carboxylic acids is 2. The number of benzene rings is 1. The smallest absolute Gasteiger partial charge is 0.290 e. The first-order valence-electron chi connectivity index (χ1n) is 8.58. The number of para-hydroxylation sites is 1. The Hall–Kier alpha value is -1.74. The minimum atomic E-state index is -0.369. The Kier molecular flexibility index (Phi) is 7.97. The van der Waals surface area contributed by atoms with E-state index in [4.69, 9.17) is 15.2 Å². The molecule has 0 saturated carbocycles. The molecule has 0 bridgehead atoms. The molecule has 7 nitrogen and oxygen atoms in total. The molecule has 2 heterocycles. The molecule has 2 amide bonds. The molecule has 9 heteroatoms. The number of halogens is 1. The number of methoxy groups -OCH3 is 1. The molecule has 3 rings (SSSR count). The van der Waals surface area contributed by atoms with Crippen LogP contribution in [0.3, 0.4) is 0 Å². The largest absolute Gasteiger partial charge is 0.489 e. The Labute approximate surface area is 169 Å². The van der Waals surface area contributed by atoms with Gasteiger partial charge in [0.05, 0.1) is 17.2 Å². The number of piperidine rings is 1. The van der Waals surface area contributed by atoms with Crippen LogP contribution in [0.25, 0.3) is 6.08 Å². The Balaban J connectivity index is 0.00000261. The van der Waals surface area contributed by atoms with E-state index < -0.39 is 0 Å². The Morgan fingerprint density at radius 3 is 2.85 bits per heavy atom. The van der Waals surface area contributed by atoms with Crippen LogP contribution in [0.1, 0.15) is 18.4 Å². The molecule has 148 valence electrons. The topological polar surface area (TPSA) is 93.9 Å². The number of hydrogen-bond donors (Lipinski definition) is 2. The quantitative estimate of drug-likeness (QED) is 0.546. The molecule has 0 radical (unpaired) electrons. The summed E-state index contributed by atoms with van der Waals surface area (Å²) in [6, 6.07) is 5.80. The molecule has 27 heavy (non-hydrogen) atoms. The minimum absolute atomic E-state index is 0. The lowest BCUT2D eigenvalue weighted by Crippen LogP contribution is -2.43. The third-order valence-electron chi connectivity index (χ3n) is 4.28. The van der Waals surface area contributed by atoms with Gasteiger partial charge in [0, 0.05) is 31.8 Å². The molecule has 0 aromatic heterocycles. The number of rotatable bonds is 6. The first-order valence-corrected chi connectivity index (χ1v) is 9.40. The molecule has 2 saturated heterocycles. The van der Waals surface area contributed by atoms with E-state index in [2.05, 4.69) is 10.2 Å². The van der Waals surface area contributed by atoms with Crippen LogP contribution < -0.4 is 20.7 Å². The van der Waals surface area contributed by atoms with Crippen molar-refractivity contribution in [3.63, 3.8) is 0 Å². The van der Waals surface area contributed by atoms with Crippen LogP contribution >= 0.6 is 24.2 Å². The Morgan fingerprint density at radius 2 is 2.19 bits per heavy atom. The van der Waals surface area contributed by atoms with Crippen molar-refractivity contribution in [1.29, 1.82) is 0 Å². The number of ether oxygens (including phenoxy) is 2. The van der Waals surface area contributed by atoms with Gasteiger partial charge in [-0.05, 0) is 36.7 Å². The lowest BCUT2D eigenvalue weighted by Gasteiger charge is -2.34. The van der Waals surface area contributed by atoms with Gasteiger partial charge in [-0.1, -0.05) is 12.1 Å². The van der Waals surface area contributed by atoms with Crippen LogP contribution in [0.5, 0.6) is 5.75 Å². The molecule has 1 atom stereocenters. The highest BCUT2D eigenvalue weighted by Crippen LogP contribution is 2.37. The molecule has 0 unspecified atom stereocenters. The van der Waals surface area contributed by atoms with Crippen LogP contribution in [0, 0.1) is 0 Å². The Bertz CT molecular complexity index is 729. The third-order valence-corrected chi connectivity index (χ3v) is 5.09. The zero-order valence-electron chi connectivity index (χ0n) is 15.1. The fourth-order valence-electron chi connectivity index (χ4n) is 3.12. The summed E-state index contributed by atoms with van der Waals surface area (Å²) in [5.41, 5.74) is 7.89. The molecular formula is C18H24ClN3O4S. The normalized spacial score (nSPS) is 21.2. The van der Waals surface area contributed by atoms with Gasteiger partial charge < -0.3 is 20.1 Å². The van der Waals surface area contributed by atoms with Gasteiger partial charge in [-0.3, -0.25) is 14.9 Å². The molecule has 2 aliphatic rings. The summed E-state index contributed by atoms with van der Waals surface area (Å²) in [4.78, 5) is 25.9. The summed E-state index contributed by atoms with van der Waals surface area (Å²) in [5.74, 6) is 0.354. The van der Waals surface area contributed by atoms with Gasteiger partial charge in [0.15, 0.2) is 0 Å². The van der Waals surface area contributed by atoms with Crippen LogP contribution in [0.2, 0.25) is 0 Å². The second kappa shape index (κ2) is 9.98. The monoisotopic (exact) mass is 413 g/mol. The van der Waals surface area contributed by atoms with Gasteiger partial charge in [0.2, 0.25) is 0 Å². The number of nitrogens with zero attached hydrogens (tertiary/aromatic N) is 1. The predicted octanol–water partition coefficient (Wildman–Crippen LogP) is 2.39. The summed E-state index contributed by atoms with van der Waals surface area (Å²) < 4.78 is 11.0. The van der Waals surface area contributed by atoms with Gasteiger partial charge in [0.25, 0.3) is 11.1 Å². The van der Waals surface area contributed by atoms with Crippen molar-refractivity contribution in [3.05, 3.63) is 28.7 Å². The summed E-state index contributed by atoms with van der Waals surface area (Å²) in [6.45, 7) is 2.50. The lowest BCUT2D eigenvalue weighted by atomic mass is 10.0.